The van der Waals surface area contributed by atoms with Gasteiger partial charge < -0.3 is 24.8 Å². The zero-order valence-electron chi connectivity index (χ0n) is 13.5. The van der Waals surface area contributed by atoms with Crippen molar-refractivity contribution in [2.24, 2.45) is 0 Å². The fourth-order valence-corrected chi connectivity index (χ4v) is 2.72. The van der Waals surface area contributed by atoms with Gasteiger partial charge in [0.1, 0.15) is 24.4 Å². The van der Waals surface area contributed by atoms with E-state index in [1.807, 2.05) is 6.08 Å². The fourth-order valence-electron chi connectivity index (χ4n) is 2.72. The Morgan fingerprint density at radius 1 is 1.05 bits per heavy atom. The lowest BCUT2D eigenvalue weighted by molar-refractivity contribution is -0.210. The van der Waals surface area contributed by atoms with Crippen LogP contribution in [0.15, 0.2) is 12.7 Å². The summed E-state index contributed by atoms with van der Waals surface area (Å²) in [5, 5.41) is 28.8. The predicted molar refractivity (Wildman–Crippen MR) is 85.7 cm³/mol. The van der Waals surface area contributed by atoms with Crippen LogP contribution >= 0.6 is 0 Å². The summed E-state index contributed by atoms with van der Waals surface area (Å²) in [4.78, 5) is 0. The average molecular weight is 316 g/mol. The molecule has 1 heterocycles. The molecule has 0 aromatic heterocycles. The first-order chi connectivity index (χ1) is 10.7. The van der Waals surface area contributed by atoms with Gasteiger partial charge in [0.2, 0.25) is 0 Å². The van der Waals surface area contributed by atoms with Gasteiger partial charge in [-0.2, -0.15) is 0 Å². The number of ether oxygens (including phenoxy) is 2. The number of hydrogen-bond acceptors (Lipinski definition) is 5. The zero-order chi connectivity index (χ0) is 16.2. The molecule has 0 radical (unpaired) electrons. The lowest BCUT2D eigenvalue weighted by atomic mass is 10.0. The van der Waals surface area contributed by atoms with Crippen molar-refractivity contribution in [2.75, 3.05) is 19.8 Å². The van der Waals surface area contributed by atoms with Crippen LogP contribution in [0.4, 0.5) is 0 Å². The van der Waals surface area contributed by atoms with Gasteiger partial charge in [-0.15, -0.1) is 6.58 Å². The molecule has 1 fully saturated rings. The Morgan fingerprint density at radius 3 is 2.32 bits per heavy atom. The van der Waals surface area contributed by atoms with Crippen molar-refractivity contribution in [1.29, 1.82) is 0 Å². The van der Waals surface area contributed by atoms with Crippen molar-refractivity contribution in [1.82, 2.24) is 0 Å². The van der Waals surface area contributed by atoms with E-state index in [0.29, 0.717) is 6.61 Å². The molecule has 0 saturated carbocycles. The standard InChI is InChI=1S/C17H32O5/c1-2-3-4-5-6-7-8-9-10-11-21-17-14(19)13-22-15(12-18)16(17)20/h2,14-20H,1,3-13H2/t14-,15+,16+,17+/m0/s1. The highest BCUT2D eigenvalue weighted by molar-refractivity contribution is 4.87. The number of rotatable bonds is 12. The van der Waals surface area contributed by atoms with Crippen LogP contribution in [0.25, 0.3) is 0 Å². The van der Waals surface area contributed by atoms with Gasteiger partial charge in [0.05, 0.1) is 13.2 Å². The van der Waals surface area contributed by atoms with E-state index in [0.717, 1.165) is 19.3 Å². The second-order valence-corrected chi connectivity index (χ2v) is 6.00. The quantitative estimate of drug-likeness (QED) is 0.378. The normalized spacial score (nSPS) is 28.7. The third-order valence-electron chi connectivity index (χ3n) is 4.12. The van der Waals surface area contributed by atoms with Crippen LogP contribution < -0.4 is 0 Å². The number of unbranched alkanes of at least 4 members (excludes halogenated alkanes) is 7. The van der Waals surface area contributed by atoms with E-state index in [4.69, 9.17) is 14.6 Å². The maximum atomic E-state index is 9.97. The second kappa shape index (κ2) is 12.0. The van der Waals surface area contributed by atoms with Crippen molar-refractivity contribution in [3.63, 3.8) is 0 Å². The van der Waals surface area contributed by atoms with Crippen LogP contribution in [0, 0.1) is 0 Å². The van der Waals surface area contributed by atoms with Gasteiger partial charge in [0, 0.05) is 6.61 Å². The van der Waals surface area contributed by atoms with E-state index in [1.54, 1.807) is 0 Å². The Balaban J connectivity index is 2.02. The van der Waals surface area contributed by atoms with Crippen molar-refractivity contribution in [3.05, 3.63) is 12.7 Å². The molecule has 0 bridgehead atoms. The van der Waals surface area contributed by atoms with Gasteiger partial charge in [-0.25, -0.2) is 0 Å². The average Bonchev–Trinajstić information content (AvgIpc) is 2.52. The minimum atomic E-state index is -0.974. The fraction of sp³-hybridized carbons (Fsp3) is 0.882. The summed E-state index contributed by atoms with van der Waals surface area (Å²) < 4.78 is 10.7. The third kappa shape index (κ3) is 7.20. The molecule has 1 rings (SSSR count). The summed E-state index contributed by atoms with van der Waals surface area (Å²) >= 11 is 0. The zero-order valence-corrected chi connectivity index (χ0v) is 13.5. The third-order valence-corrected chi connectivity index (χ3v) is 4.12. The molecule has 1 aliphatic rings. The van der Waals surface area contributed by atoms with Crippen LogP contribution in [0.5, 0.6) is 0 Å². The van der Waals surface area contributed by atoms with E-state index >= 15 is 0 Å². The summed E-state index contributed by atoms with van der Waals surface area (Å²) in [6, 6.07) is 0. The lowest BCUT2D eigenvalue weighted by Crippen LogP contribution is -2.55. The number of aliphatic hydroxyl groups excluding tert-OH is 3. The smallest absolute Gasteiger partial charge is 0.114 e. The van der Waals surface area contributed by atoms with Crippen LogP contribution in [0.2, 0.25) is 0 Å². The Bertz CT molecular complexity index is 284. The second-order valence-electron chi connectivity index (χ2n) is 6.00. The van der Waals surface area contributed by atoms with Crippen molar-refractivity contribution in [3.8, 4) is 0 Å². The largest absolute Gasteiger partial charge is 0.394 e. The highest BCUT2D eigenvalue weighted by Gasteiger charge is 2.38. The molecule has 5 nitrogen and oxygen atoms in total. The molecule has 1 aliphatic heterocycles. The van der Waals surface area contributed by atoms with E-state index in [-0.39, 0.29) is 13.2 Å². The van der Waals surface area contributed by atoms with Gasteiger partial charge in [0.15, 0.2) is 0 Å². The molecule has 22 heavy (non-hydrogen) atoms. The van der Waals surface area contributed by atoms with E-state index in [9.17, 15) is 10.2 Å². The minimum Gasteiger partial charge on any atom is -0.394 e. The number of allylic oxidation sites excluding steroid dienone is 1. The molecule has 0 aromatic rings. The summed E-state index contributed by atoms with van der Waals surface area (Å²) in [5.74, 6) is 0. The topological polar surface area (TPSA) is 79.2 Å². The predicted octanol–water partition coefficient (Wildman–Crippen LogP) is 1.79. The summed E-state index contributed by atoms with van der Waals surface area (Å²) in [6.07, 6.45) is 8.18. The van der Waals surface area contributed by atoms with E-state index < -0.39 is 24.4 Å². The Labute approximate surface area is 133 Å². The van der Waals surface area contributed by atoms with Gasteiger partial charge in [-0.3, -0.25) is 0 Å². The Hall–Kier alpha value is -0.460. The Kier molecular flexibility index (Phi) is 10.7. The molecule has 3 N–H and O–H groups in total. The summed E-state index contributed by atoms with van der Waals surface area (Å²) in [6.45, 7) is 4.07. The van der Waals surface area contributed by atoms with E-state index in [1.165, 1.54) is 32.1 Å². The molecule has 1 saturated heterocycles. The monoisotopic (exact) mass is 316 g/mol. The SMILES string of the molecule is C=CCCCCCCCCCO[C@H]1[C@H](O)[C@@H](CO)OC[C@@H]1O. The van der Waals surface area contributed by atoms with E-state index in [2.05, 4.69) is 6.58 Å². The van der Waals surface area contributed by atoms with Gasteiger partial charge in [-0.1, -0.05) is 38.2 Å². The number of aliphatic hydroxyl groups is 3. The van der Waals surface area contributed by atoms with Gasteiger partial charge in [0.25, 0.3) is 0 Å². The van der Waals surface area contributed by atoms with Crippen molar-refractivity contribution < 1.29 is 24.8 Å². The van der Waals surface area contributed by atoms with Crippen LogP contribution in [0.3, 0.4) is 0 Å². The molecular formula is C17H32O5. The highest BCUT2D eigenvalue weighted by atomic mass is 16.6. The molecule has 5 heteroatoms. The maximum absolute atomic E-state index is 9.97. The van der Waals surface area contributed by atoms with Gasteiger partial charge in [-0.05, 0) is 19.3 Å². The summed E-state index contributed by atoms with van der Waals surface area (Å²) in [7, 11) is 0. The van der Waals surface area contributed by atoms with Gasteiger partial charge >= 0.3 is 0 Å². The minimum absolute atomic E-state index is 0.0949. The van der Waals surface area contributed by atoms with Crippen molar-refractivity contribution >= 4 is 0 Å². The molecular weight excluding hydrogens is 284 g/mol. The Morgan fingerprint density at radius 2 is 1.68 bits per heavy atom. The molecule has 4 atom stereocenters. The molecule has 0 aromatic carbocycles. The lowest BCUT2D eigenvalue weighted by Gasteiger charge is -2.37. The molecule has 0 spiro atoms. The first-order valence-electron chi connectivity index (χ1n) is 8.51. The highest BCUT2D eigenvalue weighted by Crippen LogP contribution is 2.19. The van der Waals surface area contributed by atoms with Crippen LogP contribution in [-0.4, -0.2) is 59.6 Å². The molecule has 130 valence electrons. The summed E-state index contributed by atoms with van der Waals surface area (Å²) in [5.41, 5.74) is 0. The molecule has 0 unspecified atom stereocenters. The van der Waals surface area contributed by atoms with Crippen LogP contribution in [-0.2, 0) is 9.47 Å². The first-order valence-corrected chi connectivity index (χ1v) is 8.51. The van der Waals surface area contributed by atoms with Crippen molar-refractivity contribution in [2.45, 2.75) is 75.8 Å². The maximum Gasteiger partial charge on any atom is 0.114 e. The van der Waals surface area contributed by atoms with Crippen LogP contribution in [0.1, 0.15) is 51.4 Å². The molecule has 0 amide bonds. The molecule has 0 aliphatic carbocycles. The first kappa shape index (κ1) is 19.6. The number of hydrogen-bond donors (Lipinski definition) is 3.